The maximum atomic E-state index is 12.6. The number of Topliss-reactive ketones (excluding diaryl/α,β-unsaturated/α-hetero) is 1. The monoisotopic (exact) mass is 314 g/mol. The molecule has 0 saturated carbocycles. The van der Waals surface area contributed by atoms with E-state index in [9.17, 15) is 9.90 Å². The van der Waals surface area contributed by atoms with Crippen LogP contribution in [0.15, 0.2) is 12.7 Å². The molecule has 0 aliphatic rings. The Morgan fingerprint density at radius 3 is 2.14 bits per heavy atom. The Balaban J connectivity index is 4.80. The van der Waals surface area contributed by atoms with Crippen LogP contribution in [-0.2, 0) is 14.3 Å². The SMILES string of the molecule is C=CCC(C)C(O)CC(=O)C(C)(C)C(OCCC)OCCC. The quantitative estimate of drug-likeness (QED) is 0.416. The number of carbonyl (C=O) groups excluding carboxylic acids is 1. The van der Waals surface area contributed by atoms with Gasteiger partial charge in [0.25, 0.3) is 0 Å². The van der Waals surface area contributed by atoms with E-state index in [2.05, 4.69) is 6.58 Å². The first-order valence-corrected chi connectivity index (χ1v) is 8.36. The summed E-state index contributed by atoms with van der Waals surface area (Å²) in [6, 6.07) is 0. The molecular formula is C18H34O4. The largest absolute Gasteiger partial charge is 0.392 e. The van der Waals surface area contributed by atoms with E-state index in [-0.39, 0.29) is 18.1 Å². The molecule has 0 aromatic heterocycles. The van der Waals surface area contributed by atoms with Crippen LogP contribution in [0.3, 0.4) is 0 Å². The molecule has 1 N–H and O–H groups in total. The van der Waals surface area contributed by atoms with Crippen molar-refractivity contribution in [1.29, 1.82) is 0 Å². The number of hydrogen-bond acceptors (Lipinski definition) is 4. The first-order chi connectivity index (χ1) is 10.3. The molecule has 4 nitrogen and oxygen atoms in total. The van der Waals surface area contributed by atoms with Gasteiger partial charge in [0.05, 0.1) is 11.5 Å². The summed E-state index contributed by atoms with van der Waals surface area (Å²) < 4.78 is 11.5. The van der Waals surface area contributed by atoms with Gasteiger partial charge in [-0.2, -0.15) is 0 Å². The van der Waals surface area contributed by atoms with Crippen LogP contribution in [0, 0.1) is 11.3 Å². The van der Waals surface area contributed by atoms with Crippen LogP contribution in [0.2, 0.25) is 0 Å². The lowest BCUT2D eigenvalue weighted by atomic mass is 9.82. The van der Waals surface area contributed by atoms with Gasteiger partial charge >= 0.3 is 0 Å². The number of ether oxygens (including phenoxy) is 2. The van der Waals surface area contributed by atoms with Gasteiger partial charge < -0.3 is 14.6 Å². The highest BCUT2D eigenvalue weighted by atomic mass is 16.7. The smallest absolute Gasteiger partial charge is 0.169 e. The topological polar surface area (TPSA) is 55.8 Å². The molecule has 0 fully saturated rings. The molecule has 2 atom stereocenters. The molecule has 0 amide bonds. The van der Waals surface area contributed by atoms with Gasteiger partial charge in [-0.05, 0) is 39.0 Å². The number of allylic oxidation sites excluding steroid dienone is 1. The maximum absolute atomic E-state index is 12.6. The second-order valence-corrected chi connectivity index (χ2v) is 6.49. The normalized spacial score (nSPS) is 14.9. The Morgan fingerprint density at radius 2 is 1.73 bits per heavy atom. The van der Waals surface area contributed by atoms with Crippen molar-refractivity contribution in [3.8, 4) is 0 Å². The van der Waals surface area contributed by atoms with Gasteiger partial charge in [0.15, 0.2) is 6.29 Å². The predicted octanol–water partition coefficient (Wildman–Crippen LogP) is 3.72. The van der Waals surface area contributed by atoms with Gasteiger partial charge in [0, 0.05) is 19.6 Å². The summed E-state index contributed by atoms with van der Waals surface area (Å²) in [6.07, 6.45) is 3.08. The summed E-state index contributed by atoms with van der Waals surface area (Å²) in [6.45, 7) is 14.4. The van der Waals surface area contributed by atoms with Crippen LogP contribution >= 0.6 is 0 Å². The average Bonchev–Trinajstić information content (AvgIpc) is 2.47. The molecule has 22 heavy (non-hydrogen) atoms. The highest BCUT2D eigenvalue weighted by Crippen LogP contribution is 2.29. The second-order valence-electron chi connectivity index (χ2n) is 6.49. The van der Waals surface area contributed by atoms with Crippen molar-refractivity contribution in [1.82, 2.24) is 0 Å². The van der Waals surface area contributed by atoms with E-state index in [1.165, 1.54) is 0 Å². The van der Waals surface area contributed by atoms with E-state index in [0.717, 1.165) is 12.8 Å². The Labute approximate surface area is 135 Å². The van der Waals surface area contributed by atoms with Gasteiger partial charge in [-0.3, -0.25) is 4.79 Å². The minimum absolute atomic E-state index is 0.0174. The molecule has 0 radical (unpaired) electrons. The van der Waals surface area contributed by atoms with Crippen molar-refractivity contribution in [2.75, 3.05) is 13.2 Å². The molecule has 0 bridgehead atoms. The van der Waals surface area contributed by atoms with E-state index in [4.69, 9.17) is 9.47 Å². The van der Waals surface area contributed by atoms with Gasteiger partial charge in [0.2, 0.25) is 0 Å². The van der Waals surface area contributed by atoms with Crippen molar-refractivity contribution in [3.63, 3.8) is 0 Å². The van der Waals surface area contributed by atoms with E-state index in [0.29, 0.717) is 19.6 Å². The lowest BCUT2D eigenvalue weighted by molar-refractivity contribution is -0.201. The maximum Gasteiger partial charge on any atom is 0.169 e. The lowest BCUT2D eigenvalue weighted by Crippen LogP contribution is -2.43. The van der Waals surface area contributed by atoms with Crippen LogP contribution in [0.1, 0.15) is 60.3 Å². The van der Waals surface area contributed by atoms with Crippen molar-refractivity contribution in [2.45, 2.75) is 72.7 Å². The van der Waals surface area contributed by atoms with Gasteiger partial charge in [-0.1, -0.05) is 26.8 Å². The van der Waals surface area contributed by atoms with Crippen LogP contribution in [0.25, 0.3) is 0 Å². The van der Waals surface area contributed by atoms with Crippen molar-refractivity contribution < 1.29 is 19.4 Å². The molecule has 0 spiro atoms. The third-order valence-electron chi connectivity index (χ3n) is 3.84. The molecule has 0 aliphatic heterocycles. The molecule has 0 saturated heterocycles. The van der Waals surface area contributed by atoms with Gasteiger partial charge in [-0.15, -0.1) is 6.58 Å². The van der Waals surface area contributed by atoms with E-state index in [1.54, 1.807) is 6.08 Å². The Morgan fingerprint density at radius 1 is 1.23 bits per heavy atom. The molecule has 0 heterocycles. The number of hydrogen-bond donors (Lipinski definition) is 1. The first kappa shape index (κ1) is 21.3. The average molecular weight is 314 g/mol. The third kappa shape index (κ3) is 7.03. The fraction of sp³-hybridized carbons (Fsp3) is 0.833. The summed E-state index contributed by atoms with van der Waals surface area (Å²) in [5, 5.41) is 10.2. The van der Waals surface area contributed by atoms with Crippen LogP contribution in [0.4, 0.5) is 0 Å². The minimum atomic E-state index is -0.779. The molecule has 0 aromatic rings. The summed E-state index contributed by atoms with van der Waals surface area (Å²) >= 11 is 0. The highest BCUT2D eigenvalue weighted by Gasteiger charge is 2.39. The number of aliphatic hydroxyl groups excluding tert-OH is 1. The van der Waals surface area contributed by atoms with E-state index < -0.39 is 17.8 Å². The molecule has 0 aliphatic carbocycles. The number of ketones is 1. The summed E-state index contributed by atoms with van der Waals surface area (Å²) in [4.78, 5) is 12.6. The third-order valence-corrected chi connectivity index (χ3v) is 3.84. The van der Waals surface area contributed by atoms with Crippen molar-refractivity contribution in [3.05, 3.63) is 12.7 Å². The Hall–Kier alpha value is -0.710. The zero-order valence-electron chi connectivity index (χ0n) is 14.9. The van der Waals surface area contributed by atoms with Crippen LogP contribution in [0.5, 0.6) is 0 Å². The van der Waals surface area contributed by atoms with Crippen molar-refractivity contribution in [2.24, 2.45) is 11.3 Å². The molecule has 0 rings (SSSR count). The van der Waals surface area contributed by atoms with Crippen LogP contribution in [-0.4, -0.2) is 36.5 Å². The Kier molecular flexibility index (Phi) is 10.6. The predicted molar refractivity (Wildman–Crippen MR) is 89.7 cm³/mol. The fourth-order valence-corrected chi connectivity index (χ4v) is 2.12. The highest BCUT2D eigenvalue weighted by molar-refractivity contribution is 5.85. The summed E-state index contributed by atoms with van der Waals surface area (Å²) in [7, 11) is 0. The van der Waals surface area contributed by atoms with Crippen molar-refractivity contribution >= 4 is 5.78 Å². The van der Waals surface area contributed by atoms with E-state index in [1.807, 2.05) is 34.6 Å². The number of aliphatic hydroxyl groups is 1. The zero-order chi connectivity index (χ0) is 17.2. The second kappa shape index (κ2) is 10.9. The van der Waals surface area contributed by atoms with Gasteiger partial charge in [-0.25, -0.2) is 0 Å². The summed E-state index contributed by atoms with van der Waals surface area (Å²) in [5.41, 5.74) is -0.779. The minimum Gasteiger partial charge on any atom is -0.392 e. The van der Waals surface area contributed by atoms with Crippen LogP contribution < -0.4 is 0 Å². The Bertz CT molecular complexity index is 317. The van der Waals surface area contributed by atoms with E-state index >= 15 is 0 Å². The first-order valence-electron chi connectivity index (χ1n) is 8.36. The lowest BCUT2D eigenvalue weighted by Gasteiger charge is -2.33. The molecule has 130 valence electrons. The van der Waals surface area contributed by atoms with Gasteiger partial charge in [0.1, 0.15) is 5.78 Å². The molecule has 0 aromatic carbocycles. The molecule has 2 unspecified atom stereocenters. The zero-order valence-corrected chi connectivity index (χ0v) is 14.9. The standard InChI is InChI=1S/C18H34O4/c1-7-10-14(4)15(19)13-16(20)18(5,6)17(21-11-8-2)22-12-9-3/h7,14-15,17,19H,1,8-13H2,2-6H3. The molecule has 4 heteroatoms. The number of rotatable bonds is 13. The molecular weight excluding hydrogens is 280 g/mol. The summed E-state index contributed by atoms with van der Waals surface area (Å²) in [5.74, 6) is -0.0167. The number of carbonyl (C=O) groups is 1. The fourth-order valence-electron chi connectivity index (χ4n) is 2.12.